The maximum atomic E-state index is 6.30. The number of nitrogens with one attached hydrogen (secondary N) is 2. The highest BCUT2D eigenvalue weighted by Crippen LogP contribution is 2.28. The van der Waals surface area contributed by atoms with Gasteiger partial charge in [-0.05, 0) is 84.6 Å². The van der Waals surface area contributed by atoms with Gasteiger partial charge in [0.25, 0.3) is 0 Å². The molecule has 188 valence electrons. The summed E-state index contributed by atoms with van der Waals surface area (Å²) >= 11 is 0. The Morgan fingerprint density at radius 1 is 0.472 bits per heavy atom. The standard InChI is InChI=1S/C32H38N2O2/c1-2-8-16-34-24-30-20-26-12-4-6-14-28(26)22-32(30)36-18-10-9-17-35-31-21-27-13-5-3-11-25(27)19-29(31)23-33-15-7-1/h3-6,11-14,19-22,33-34H,1-2,7-10,15-18,23-24H2. The summed E-state index contributed by atoms with van der Waals surface area (Å²) in [7, 11) is 0. The fourth-order valence-electron chi connectivity index (χ4n) is 4.95. The zero-order chi connectivity index (χ0) is 24.4. The molecule has 36 heavy (non-hydrogen) atoms. The number of ether oxygens (including phenoxy) is 2. The average molecular weight is 483 g/mol. The van der Waals surface area contributed by atoms with Gasteiger partial charge in [-0.1, -0.05) is 61.4 Å². The highest BCUT2D eigenvalue weighted by molar-refractivity contribution is 5.85. The second-order valence-electron chi connectivity index (χ2n) is 9.79. The normalized spacial score (nSPS) is 16.9. The predicted molar refractivity (Wildman–Crippen MR) is 150 cm³/mol. The minimum atomic E-state index is 0.695. The van der Waals surface area contributed by atoms with Crippen LogP contribution in [0.15, 0.2) is 72.8 Å². The molecular weight excluding hydrogens is 444 g/mol. The molecule has 0 aromatic heterocycles. The second kappa shape index (κ2) is 12.8. The smallest absolute Gasteiger partial charge is 0.124 e. The van der Waals surface area contributed by atoms with E-state index in [1.807, 2.05) is 0 Å². The predicted octanol–water partition coefficient (Wildman–Crippen LogP) is 6.98. The number of benzene rings is 4. The summed E-state index contributed by atoms with van der Waals surface area (Å²) in [4.78, 5) is 0. The quantitative estimate of drug-likeness (QED) is 0.284. The Kier molecular flexibility index (Phi) is 8.72. The van der Waals surface area contributed by atoms with E-state index in [4.69, 9.17) is 9.47 Å². The van der Waals surface area contributed by atoms with Gasteiger partial charge in [0.15, 0.2) is 0 Å². The fraction of sp³-hybridized carbons (Fsp3) is 0.375. The van der Waals surface area contributed by atoms with Crippen molar-refractivity contribution in [3.8, 4) is 11.5 Å². The first-order valence-electron chi connectivity index (χ1n) is 13.6. The molecule has 0 unspecified atom stereocenters. The van der Waals surface area contributed by atoms with Gasteiger partial charge in [-0.3, -0.25) is 0 Å². The maximum absolute atomic E-state index is 6.30. The Hall–Kier alpha value is -3.08. The van der Waals surface area contributed by atoms with Crippen molar-refractivity contribution in [1.29, 1.82) is 0 Å². The van der Waals surface area contributed by atoms with Gasteiger partial charge in [0.2, 0.25) is 0 Å². The molecule has 0 fully saturated rings. The summed E-state index contributed by atoms with van der Waals surface area (Å²) in [6.45, 7) is 5.15. The van der Waals surface area contributed by atoms with Crippen molar-refractivity contribution >= 4 is 21.5 Å². The molecule has 1 aliphatic rings. The molecule has 0 amide bonds. The summed E-state index contributed by atoms with van der Waals surface area (Å²) in [5.74, 6) is 2.00. The van der Waals surface area contributed by atoms with Crippen LogP contribution in [0.5, 0.6) is 11.5 Å². The van der Waals surface area contributed by atoms with Crippen molar-refractivity contribution in [2.75, 3.05) is 26.3 Å². The third-order valence-corrected chi connectivity index (χ3v) is 7.00. The largest absolute Gasteiger partial charge is 0.493 e. The van der Waals surface area contributed by atoms with Crippen LogP contribution in [-0.2, 0) is 13.1 Å². The third-order valence-electron chi connectivity index (χ3n) is 7.00. The van der Waals surface area contributed by atoms with E-state index in [0.29, 0.717) is 13.2 Å². The Morgan fingerprint density at radius 2 is 0.889 bits per heavy atom. The van der Waals surface area contributed by atoms with Crippen LogP contribution in [0.1, 0.15) is 49.7 Å². The Bertz CT molecular complexity index is 1170. The molecule has 2 N–H and O–H groups in total. The van der Waals surface area contributed by atoms with Gasteiger partial charge in [0, 0.05) is 24.2 Å². The van der Waals surface area contributed by atoms with Gasteiger partial charge < -0.3 is 20.1 Å². The van der Waals surface area contributed by atoms with Crippen molar-refractivity contribution in [1.82, 2.24) is 10.6 Å². The van der Waals surface area contributed by atoms with Crippen LogP contribution < -0.4 is 20.1 Å². The topological polar surface area (TPSA) is 42.5 Å². The molecule has 0 bridgehead atoms. The van der Waals surface area contributed by atoms with Crippen molar-refractivity contribution in [2.24, 2.45) is 0 Å². The Morgan fingerprint density at radius 3 is 1.33 bits per heavy atom. The van der Waals surface area contributed by atoms with Crippen LogP contribution in [-0.4, -0.2) is 26.3 Å². The van der Waals surface area contributed by atoms with Crippen molar-refractivity contribution in [3.63, 3.8) is 0 Å². The van der Waals surface area contributed by atoms with Crippen molar-refractivity contribution in [3.05, 3.63) is 83.9 Å². The number of hydrogen-bond donors (Lipinski definition) is 2. The molecule has 4 aromatic carbocycles. The van der Waals surface area contributed by atoms with Gasteiger partial charge in [0.1, 0.15) is 11.5 Å². The summed E-state index contributed by atoms with van der Waals surface area (Å²) in [5, 5.41) is 12.3. The van der Waals surface area contributed by atoms with E-state index in [1.165, 1.54) is 58.4 Å². The average Bonchev–Trinajstić information content (AvgIpc) is 2.91. The number of hydrogen-bond acceptors (Lipinski definition) is 4. The lowest BCUT2D eigenvalue weighted by atomic mass is 10.1. The summed E-state index contributed by atoms with van der Waals surface area (Å²) < 4.78 is 12.6. The molecule has 1 aliphatic heterocycles. The minimum absolute atomic E-state index is 0.695. The third kappa shape index (κ3) is 6.57. The van der Waals surface area contributed by atoms with Crippen LogP contribution >= 0.6 is 0 Å². The van der Waals surface area contributed by atoms with E-state index in [0.717, 1.165) is 50.5 Å². The number of fused-ring (bicyclic) bond motifs is 4. The lowest BCUT2D eigenvalue weighted by Gasteiger charge is -2.16. The lowest BCUT2D eigenvalue weighted by molar-refractivity contribution is 0.263. The van der Waals surface area contributed by atoms with E-state index in [2.05, 4.69) is 83.4 Å². The molecular formula is C32H38N2O2. The summed E-state index contributed by atoms with van der Waals surface area (Å²) in [6, 6.07) is 26.0. The van der Waals surface area contributed by atoms with E-state index >= 15 is 0 Å². The Labute approximate surface area is 215 Å². The monoisotopic (exact) mass is 482 g/mol. The number of rotatable bonds is 0. The lowest BCUT2D eigenvalue weighted by Crippen LogP contribution is -2.17. The van der Waals surface area contributed by atoms with Crippen LogP contribution in [0.3, 0.4) is 0 Å². The van der Waals surface area contributed by atoms with E-state index in [1.54, 1.807) is 0 Å². The molecule has 4 aromatic rings. The fourth-order valence-corrected chi connectivity index (χ4v) is 4.95. The van der Waals surface area contributed by atoms with E-state index < -0.39 is 0 Å². The SMILES string of the molecule is c1ccc2cc3c(cc2c1)CNCCCCCCNCc1cc2ccccc2cc1OCCCCO3. The van der Waals surface area contributed by atoms with Gasteiger partial charge in [-0.25, -0.2) is 0 Å². The minimum Gasteiger partial charge on any atom is -0.493 e. The second-order valence-corrected chi connectivity index (χ2v) is 9.79. The molecule has 0 spiro atoms. The molecule has 0 atom stereocenters. The van der Waals surface area contributed by atoms with Crippen LogP contribution in [0.2, 0.25) is 0 Å². The molecule has 1 heterocycles. The molecule has 5 rings (SSSR count). The zero-order valence-electron chi connectivity index (χ0n) is 21.2. The van der Waals surface area contributed by atoms with Gasteiger partial charge in [-0.15, -0.1) is 0 Å². The molecule has 4 nitrogen and oxygen atoms in total. The van der Waals surface area contributed by atoms with Crippen LogP contribution in [0, 0.1) is 0 Å². The highest BCUT2D eigenvalue weighted by atomic mass is 16.5. The molecule has 0 aliphatic carbocycles. The molecule has 4 heteroatoms. The first-order chi connectivity index (χ1) is 17.9. The molecule has 0 saturated heterocycles. The van der Waals surface area contributed by atoms with E-state index in [-0.39, 0.29) is 0 Å². The van der Waals surface area contributed by atoms with E-state index in [9.17, 15) is 0 Å². The highest BCUT2D eigenvalue weighted by Gasteiger charge is 2.09. The summed E-state index contributed by atoms with van der Waals surface area (Å²) in [6.07, 6.45) is 6.82. The first-order valence-corrected chi connectivity index (χ1v) is 13.6. The first kappa shape index (κ1) is 24.6. The summed E-state index contributed by atoms with van der Waals surface area (Å²) in [5.41, 5.74) is 2.48. The van der Waals surface area contributed by atoms with Gasteiger partial charge in [-0.2, -0.15) is 0 Å². The van der Waals surface area contributed by atoms with Gasteiger partial charge >= 0.3 is 0 Å². The van der Waals surface area contributed by atoms with Crippen molar-refractivity contribution < 1.29 is 9.47 Å². The van der Waals surface area contributed by atoms with Gasteiger partial charge in [0.05, 0.1) is 13.2 Å². The maximum Gasteiger partial charge on any atom is 0.124 e. The van der Waals surface area contributed by atoms with Crippen molar-refractivity contribution in [2.45, 2.75) is 51.6 Å². The van der Waals surface area contributed by atoms with Crippen LogP contribution in [0.25, 0.3) is 21.5 Å². The Balaban J connectivity index is 1.28. The van der Waals surface area contributed by atoms with Crippen LogP contribution in [0.4, 0.5) is 0 Å². The molecule has 0 radical (unpaired) electrons. The molecule has 0 saturated carbocycles. The zero-order valence-corrected chi connectivity index (χ0v) is 21.2.